The highest BCUT2D eigenvalue weighted by atomic mass is 16.5. The summed E-state index contributed by atoms with van der Waals surface area (Å²) in [5.74, 6) is -0.0487. The second-order valence-corrected chi connectivity index (χ2v) is 3.47. The van der Waals surface area contributed by atoms with Crippen molar-refractivity contribution >= 4 is 5.91 Å². The van der Waals surface area contributed by atoms with Crippen LogP contribution in [-0.4, -0.2) is 43.2 Å². The largest absolute Gasteiger partial charge is 0.377 e. The Bertz CT molecular complexity index is 158. The predicted octanol–water partition coefficient (Wildman–Crippen LogP) is 0.217. The van der Waals surface area contributed by atoms with E-state index in [2.05, 4.69) is 0 Å². The van der Waals surface area contributed by atoms with Crippen LogP contribution >= 0.6 is 0 Å². The van der Waals surface area contributed by atoms with Gasteiger partial charge in [0, 0.05) is 13.6 Å². The topological polar surface area (TPSA) is 55.6 Å². The van der Waals surface area contributed by atoms with Crippen LogP contribution in [0.15, 0.2) is 0 Å². The van der Waals surface area contributed by atoms with E-state index >= 15 is 0 Å². The Morgan fingerprint density at radius 2 is 2.00 bits per heavy atom. The van der Waals surface area contributed by atoms with Crippen LogP contribution in [0.25, 0.3) is 0 Å². The fourth-order valence-electron chi connectivity index (χ4n) is 0.883. The van der Waals surface area contributed by atoms with Gasteiger partial charge in [0.15, 0.2) is 0 Å². The van der Waals surface area contributed by atoms with Crippen LogP contribution < -0.4 is 5.73 Å². The van der Waals surface area contributed by atoms with E-state index in [1.807, 2.05) is 13.8 Å². The molecule has 4 heteroatoms. The second-order valence-electron chi connectivity index (χ2n) is 3.47. The Kier molecular flexibility index (Phi) is 5.66. The molecule has 0 radical (unpaired) electrons. The quantitative estimate of drug-likeness (QED) is 0.671. The van der Waals surface area contributed by atoms with Crippen LogP contribution in [0.2, 0.25) is 0 Å². The van der Waals surface area contributed by atoms with Gasteiger partial charge in [-0.1, -0.05) is 0 Å². The first-order valence-electron chi connectivity index (χ1n) is 4.57. The summed E-state index contributed by atoms with van der Waals surface area (Å²) in [7, 11) is 1.73. The maximum Gasteiger partial charge on any atom is 0.239 e. The lowest BCUT2D eigenvalue weighted by molar-refractivity contribution is -0.131. The molecule has 0 aromatic heterocycles. The van der Waals surface area contributed by atoms with E-state index < -0.39 is 6.04 Å². The number of hydrogen-bond donors (Lipinski definition) is 1. The van der Waals surface area contributed by atoms with Crippen molar-refractivity contribution < 1.29 is 9.53 Å². The van der Waals surface area contributed by atoms with Gasteiger partial charge >= 0.3 is 0 Å². The van der Waals surface area contributed by atoms with Gasteiger partial charge in [0.25, 0.3) is 0 Å². The Hall–Kier alpha value is -0.610. The van der Waals surface area contributed by atoms with E-state index in [-0.39, 0.29) is 12.0 Å². The van der Waals surface area contributed by atoms with E-state index in [1.54, 1.807) is 18.9 Å². The molecule has 0 spiro atoms. The Morgan fingerprint density at radius 1 is 1.46 bits per heavy atom. The van der Waals surface area contributed by atoms with Crippen LogP contribution in [0.4, 0.5) is 0 Å². The molecule has 0 saturated carbocycles. The molecule has 1 atom stereocenters. The van der Waals surface area contributed by atoms with Gasteiger partial charge in [-0.25, -0.2) is 0 Å². The van der Waals surface area contributed by atoms with E-state index in [1.165, 1.54) is 0 Å². The van der Waals surface area contributed by atoms with Crippen molar-refractivity contribution in [3.8, 4) is 0 Å². The zero-order valence-electron chi connectivity index (χ0n) is 8.91. The average molecular weight is 188 g/mol. The Balaban J connectivity index is 3.62. The summed E-state index contributed by atoms with van der Waals surface area (Å²) in [6.45, 7) is 6.77. The fourth-order valence-corrected chi connectivity index (χ4v) is 0.883. The first kappa shape index (κ1) is 12.4. The third-order valence-electron chi connectivity index (χ3n) is 1.64. The number of nitrogens with zero attached hydrogens (tertiary/aromatic N) is 1. The van der Waals surface area contributed by atoms with Crippen molar-refractivity contribution in [2.75, 3.05) is 20.2 Å². The monoisotopic (exact) mass is 188 g/mol. The molecule has 0 heterocycles. The molecule has 0 aliphatic rings. The highest BCUT2D eigenvalue weighted by Crippen LogP contribution is 1.92. The number of likely N-dealkylation sites (N-methyl/N-ethyl adjacent to an activating group) is 1. The van der Waals surface area contributed by atoms with Crippen LogP contribution in [-0.2, 0) is 9.53 Å². The van der Waals surface area contributed by atoms with Crippen molar-refractivity contribution in [1.82, 2.24) is 4.90 Å². The molecule has 0 rings (SSSR count). The molecule has 0 aliphatic carbocycles. The molecule has 0 saturated heterocycles. The molecular weight excluding hydrogens is 168 g/mol. The summed E-state index contributed by atoms with van der Waals surface area (Å²) in [5, 5.41) is 0. The van der Waals surface area contributed by atoms with E-state index in [9.17, 15) is 4.79 Å². The highest BCUT2D eigenvalue weighted by Gasteiger charge is 2.12. The van der Waals surface area contributed by atoms with Crippen molar-refractivity contribution in [1.29, 1.82) is 0 Å². The molecule has 1 amide bonds. The van der Waals surface area contributed by atoms with Gasteiger partial charge in [-0.05, 0) is 20.8 Å². The van der Waals surface area contributed by atoms with Gasteiger partial charge in [-0.3, -0.25) is 4.79 Å². The van der Waals surface area contributed by atoms with Crippen molar-refractivity contribution in [3.63, 3.8) is 0 Å². The fraction of sp³-hybridized carbons (Fsp3) is 0.889. The van der Waals surface area contributed by atoms with Crippen molar-refractivity contribution in [2.45, 2.75) is 32.9 Å². The zero-order valence-corrected chi connectivity index (χ0v) is 8.91. The normalized spacial score (nSPS) is 13.1. The summed E-state index contributed by atoms with van der Waals surface area (Å²) in [6, 6.07) is -0.427. The van der Waals surface area contributed by atoms with Crippen molar-refractivity contribution in [3.05, 3.63) is 0 Å². The van der Waals surface area contributed by atoms with Gasteiger partial charge < -0.3 is 15.4 Å². The van der Waals surface area contributed by atoms with E-state index in [0.717, 1.165) is 0 Å². The lowest BCUT2D eigenvalue weighted by Crippen LogP contribution is -2.41. The molecule has 0 aliphatic heterocycles. The Morgan fingerprint density at radius 3 is 2.38 bits per heavy atom. The third kappa shape index (κ3) is 5.60. The number of carbonyl (C=O) groups excluding carboxylic acids is 1. The van der Waals surface area contributed by atoms with Gasteiger partial charge in [0.2, 0.25) is 5.91 Å². The number of amides is 1. The standard InChI is InChI=1S/C9H20N2O2/c1-7(2)13-6-5-11(4)9(12)8(3)10/h7-8H,5-6,10H2,1-4H3/t8-/m1/s1. The first-order chi connectivity index (χ1) is 5.95. The van der Waals surface area contributed by atoms with Crippen LogP contribution in [0.5, 0.6) is 0 Å². The molecule has 0 aromatic carbocycles. The van der Waals surface area contributed by atoms with Crippen LogP contribution in [0.1, 0.15) is 20.8 Å². The molecule has 0 unspecified atom stereocenters. The second kappa shape index (κ2) is 5.94. The summed E-state index contributed by atoms with van der Waals surface area (Å²) in [5.41, 5.74) is 5.44. The summed E-state index contributed by atoms with van der Waals surface area (Å²) in [6.07, 6.45) is 0.207. The van der Waals surface area contributed by atoms with Crippen LogP contribution in [0.3, 0.4) is 0 Å². The molecule has 0 fully saturated rings. The van der Waals surface area contributed by atoms with E-state index in [0.29, 0.717) is 13.2 Å². The van der Waals surface area contributed by atoms with E-state index in [4.69, 9.17) is 10.5 Å². The number of ether oxygens (including phenoxy) is 1. The molecule has 13 heavy (non-hydrogen) atoms. The maximum absolute atomic E-state index is 11.3. The third-order valence-corrected chi connectivity index (χ3v) is 1.64. The zero-order chi connectivity index (χ0) is 10.4. The molecule has 0 aromatic rings. The summed E-state index contributed by atoms with van der Waals surface area (Å²) in [4.78, 5) is 12.9. The van der Waals surface area contributed by atoms with Gasteiger partial charge in [-0.2, -0.15) is 0 Å². The summed E-state index contributed by atoms with van der Waals surface area (Å²) < 4.78 is 5.31. The minimum atomic E-state index is -0.427. The molecule has 4 nitrogen and oxygen atoms in total. The number of rotatable bonds is 5. The molecule has 78 valence electrons. The Labute approximate surface area is 80.0 Å². The molecule has 0 bridgehead atoms. The average Bonchev–Trinajstić information content (AvgIpc) is 2.02. The smallest absolute Gasteiger partial charge is 0.239 e. The minimum Gasteiger partial charge on any atom is -0.377 e. The minimum absolute atomic E-state index is 0.0487. The summed E-state index contributed by atoms with van der Waals surface area (Å²) >= 11 is 0. The predicted molar refractivity (Wildman–Crippen MR) is 52.4 cm³/mol. The molecular formula is C9H20N2O2. The van der Waals surface area contributed by atoms with Gasteiger partial charge in [-0.15, -0.1) is 0 Å². The number of carbonyl (C=O) groups is 1. The maximum atomic E-state index is 11.3. The highest BCUT2D eigenvalue weighted by molar-refractivity contribution is 5.80. The number of hydrogen-bond acceptors (Lipinski definition) is 3. The first-order valence-corrected chi connectivity index (χ1v) is 4.57. The van der Waals surface area contributed by atoms with Crippen molar-refractivity contribution in [2.24, 2.45) is 5.73 Å². The SMILES string of the molecule is CC(C)OCCN(C)C(=O)[C@@H](C)N. The lowest BCUT2D eigenvalue weighted by atomic mass is 10.3. The van der Waals surface area contributed by atoms with Gasteiger partial charge in [0.1, 0.15) is 0 Å². The van der Waals surface area contributed by atoms with Crippen LogP contribution in [0, 0.1) is 0 Å². The molecule has 2 N–H and O–H groups in total. The lowest BCUT2D eigenvalue weighted by Gasteiger charge is -2.19. The van der Waals surface area contributed by atoms with Gasteiger partial charge in [0.05, 0.1) is 18.8 Å². The number of nitrogens with two attached hydrogens (primary N) is 1.